The highest BCUT2D eigenvalue weighted by molar-refractivity contribution is 5.78. The van der Waals surface area contributed by atoms with Crippen molar-refractivity contribution in [3.05, 3.63) is 24.3 Å². The Balaban J connectivity index is 1.83. The summed E-state index contributed by atoms with van der Waals surface area (Å²) >= 11 is 0. The molecule has 1 N–H and O–H groups in total. The zero-order valence-corrected chi connectivity index (χ0v) is 12.5. The minimum Gasteiger partial charge on any atom is -0.492 e. The molecule has 0 bridgehead atoms. The second-order valence-electron chi connectivity index (χ2n) is 6.10. The molecule has 5 nitrogen and oxygen atoms in total. The van der Waals surface area contributed by atoms with Crippen molar-refractivity contribution < 1.29 is 9.84 Å². The van der Waals surface area contributed by atoms with Crippen molar-refractivity contribution in [2.24, 2.45) is 0 Å². The van der Waals surface area contributed by atoms with Gasteiger partial charge >= 0.3 is 0 Å². The summed E-state index contributed by atoms with van der Waals surface area (Å²) in [7, 11) is 0. The maximum absolute atomic E-state index is 9.90. The lowest BCUT2D eigenvalue weighted by molar-refractivity contribution is -0.0320. The van der Waals surface area contributed by atoms with Gasteiger partial charge in [0.25, 0.3) is 0 Å². The highest BCUT2D eigenvalue weighted by Gasteiger charge is 2.40. The number of nitrogens with zero attached hydrogens (tertiary/aromatic N) is 3. The lowest BCUT2D eigenvalue weighted by Gasteiger charge is -2.40. The first-order chi connectivity index (χ1) is 10.1. The van der Waals surface area contributed by atoms with Crippen LogP contribution in [0, 0.1) is 0 Å². The van der Waals surface area contributed by atoms with E-state index in [1.165, 1.54) is 0 Å². The summed E-state index contributed by atoms with van der Waals surface area (Å²) in [6.07, 6.45) is 6.91. The van der Waals surface area contributed by atoms with Gasteiger partial charge in [-0.15, -0.1) is 0 Å². The quantitative estimate of drug-likeness (QED) is 0.856. The molecule has 0 radical (unpaired) electrons. The summed E-state index contributed by atoms with van der Waals surface area (Å²) < 4.78 is 5.67. The van der Waals surface area contributed by atoms with Gasteiger partial charge < -0.3 is 9.84 Å². The van der Waals surface area contributed by atoms with E-state index in [1.54, 1.807) is 12.5 Å². The third-order valence-electron chi connectivity index (χ3n) is 4.00. The molecule has 2 heterocycles. The van der Waals surface area contributed by atoms with Crippen molar-refractivity contribution in [3.63, 3.8) is 0 Å². The summed E-state index contributed by atoms with van der Waals surface area (Å²) in [6.45, 7) is 4.70. The van der Waals surface area contributed by atoms with Crippen LogP contribution in [-0.4, -0.2) is 32.3 Å². The Hall–Kier alpha value is -1.75. The van der Waals surface area contributed by atoms with Crippen LogP contribution < -0.4 is 4.74 Å². The van der Waals surface area contributed by atoms with E-state index in [0.717, 1.165) is 48.2 Å². The molecule has 0 aromatic carbocycles. The summed E-state index contributed by atoms with van der Waals surface area (Å²) in [5, 5.41) is 9.90. The first-order valence-electron chi connectivity index (χ1n) is 7.55. The Morgan fingerprint density at radius 2 is 2.14 bits per heavy atom. The number of aromatic nitrogens is 3. The predicted octanol–water partition coefficient (Wildman–Crippen LogP) is 2.83. The molecule has 0 unspecified atom stereocenters. The van der Waals surface area contributed by atoms with E-state index >= 15 is 0 Å². The Morgan fingerprint density at radius 3 is 2.86 bits per heavy atom. The number of ether oxygens (including phenoxy) is 1. The zero-order chi connectivity index (χ0) is 14.9. The number of hydrogen-bond acceptors (Lipinski definition) is 5. The molecular weight excluding hydrogens is 266 g/mol. The highest BCUT2D eigenvalue weighted by Crippen LogP contribution is 2.44. The second kappa shape index (κ2) is 5.56. The van der Waals surface area contributed by atoms with E-state index in [-0.39, 0.29) is 5.92 Å². The van der Waals surface area contributed by atoms with Crippen molar-refractivity contribution in [1.29, 1.82) is 0 Å². The van der Waals surface area contributed by atoms with E-state index in [2.05, 4.69) is 21.9 Å². The number of aliphatic hydroxyl groups is 1. The Kier molecular flexibility index (Phi) is 3.76. The molecule has 1 saturated carbocycles. The first kappa shape index (κ1) is 14.2. The molecule has 1 fully saturated rings. The van der Waals surface area contributed by atoms with Crippen LogP contribution in [0.1, 0.15) is 51.1 Å². The number of fused-ring (bicyclic) bond motifs is 1. The van der Waals surface area contributed by atoms with Crippen LogP contribution in [0.15, 0.2) is 18.6 Å². The summed E-state index contributed by atoms with van der Waals surface area (Å²) in [5.41, 5.74) is 2.00. The van der Waals surface area contributed by atoms with Gasteiger partial charge in [0.05, 0.1) is 29.6 Å². The van der Waals surface area contributed by atoms with Crippen LogP contribution in [0.25, 0.3) is 11.0 Å². The van der Waals surface area contributed by atoms with Gasteiger partial charge in [0.1, 0.15) is 17.6 Å². The van der Waals surface area contributed by atoms with Gasteiger partial charge in [0.2, 0.25) is 0 Å². The Morgan fingerprint density at radius 1 is 1.33 bits per heavy atom. The van der Waals surface area contributed by atoms with Gasteiger partial charge in [-0.3, -0.25) is 0 Å². The summed E-state index contributed by atoms with van der Waals surface area (Å²) in [5.74, 6) is 1.02. The van der Waals surface area contributed by atoms with Crippen LogP contribution in [0.5, 0.6) is 5.75 Å². The minimum atomic E-state index is -0.564. The normalized spacial score (nSPS) is 24.8. The molecule has 0 amide bonds. The molecule has 0 aliphatic heterocycles. The molecular formula is C16H21N3O2. The summed E-state index contributed by atoms with van der Waals surface area (Å²) in [4.78, 5) is 13.1. The van der Waals surface area contributed by atoms with Gasteiger partial charge in [-0.05, 0) is 26.2 Å². The molecule has 0 saturated heterocycles. The van der Waals surface area contributed by atoms with E-state index in [1.807, 2.05) is 13.0 Å². The van der Waals surface area contributed by atoms with Gasteiger partial charge in [0.15, 0.2) is 0 Å². The molecule has 0 spiro atoms. The lowest BCUT2D eigenvalue weighted by atomic mass is 9.70. The monoisotopic (exact) mass is 287 g/mol. The molecule has 1 aliphatic rings. The molecule has 1 aliphatic carbocycles. The standard InChI is InChI=1S/C16H21N3O2/c1-3-4-5-21-12-6-13-15(17-9-12)14(19-10-18-13)11-7-16(2,20)8-11/h6,9-11,20H,3-5,7-8H2,1-2H3. The largest absolute Gasteiger partial charge is 0.492 e. The van der Waals surface area contributed by atoms with E-state index in [9.17, 15) is 5.11 Å². The average Bonchev–Trinajstić information content (AvgIpc) is 2.44. The minimum absolute atomic E-state index is 0.268. The maximum atomic E-state index is 9.90. The summed E-state index contributed by atoms with van der Waals surface area (Å²) in [6, 6.07) is 1.92. The number of hydrogen-bond donors (Lipinski definition) is 1. The molecule has 0 atom stereocenters. The Bertz CT molecular complexity index is 634. The third-order valence-corrected chi connectivity index (χ3v) is 4.00. The van der Waals surface area contributed by atoms with Crippen molar-refractivity contribution in [2.45, 2.75) is 51.0 Å². The highest BCUT2D eigenvalue weighted by atomic mass is 16.5. The van der Waals surface area contributed by atoms with E-state index in [4.69, 9.17) is 4.74 Å². The van der Waals surface area contributed by atoms with Crippen molar-refractivity contribution >= 4 is 11.0 Å². The van der Waals surface area contributed by atoms with Gasteiger partial charge in [0, 0.05) is 12.0 Å². The lowest BCUT2D eigenvalue weighted by Crippen LogP contribution is -2.39. The average molecular weight is 287 g/mol. The molecule has 5 heteroatoms. The fourth-order valence-corrected chi connectivity index (χ4v) is 2.85. The third kappa shape index (κ3) is 2.97. The molecule has 112 valence electrons. The van der Waals surface area contributed by atoms with E-state index in [0.29, 0.717) is 6.61 Å². The molecule has 2 aromatic heterocycles. The SMILES string of the molecule is CCCCOc1cnc2c(C3CC(C)(O)C3)ncnc2c1. The fourth-order valence-electron chi connectivity index (χ4n) is 2.85. The zero-order valence-electron chi connectivity index (χ0n) is 12.5. The van der Waals surface area contributed by atoms with Gasteiger partial charge in [-0.25, -0.2) is 15.0 Å². The number of pyridine rings is 1. The molecule has 21 heavy (non-hydrogen) atoms. The second-order valence-corrected chi connectivity index (χ2v) is 6.10. The number of unbranched alkanes of at least 4 members (excludes halogenated alkanes) is 1. The van der Waals surface area contributed by atoms with Crippen LogP contribution in [0.3, 0.4) is 0 Å². The van der Waals surface area contributed by atoms with E-state index < -0.39 is 5.60 Å². The fraction of sp³-hybridized carbons (Fsp3) is 0.562. The first-order valence-corrected chi connectivity index (χ1v) is 7.55. The number of rotatable bonds is 5. The van der Waals surface area contributed by atoms with Crippen LogP contribution in [0.4, 0.5) is 0 Å². The van der Waals surface area contributed by atoms with Gasteiger partial charge in [-0.2, -0.15) is 0 Å². The van der Waals surface area contributed by atoms with Crippen molar-refractivity contribution in [1.82, 2.24) is 15.0 Å². The predicted molar refractivity (Wildman–Crippen MR) is 80.3 cm³/mol. The molecule has 3 rings (SSSR count). The smallest absolute Gasteiger partial charge is 0.139 e. The maximum Gasteiger partial charge on any atom is 0.139 e. The van der Waals surface area contributed by atoms with Crippen molar-refractivity contribution in [2.75, 3.05) is 6.61 Å². The van der Waals surface area contributed by atoms with Crippen LogP contribution in [-0.2, 0) is 0 Å². The van der Waals surface area contributed by atoms with Crippen LogP contribution in [0.2, 0.25) is 0 Å². The van der Waals surface area contributed by atoms with Crippen LogP contribution >= 0.6 is 0 Å². The van der Waals surface area contributed by atoms with Crippen molar-refractivity contribution in [3.8, 4) is 5.75 Å². The molecule has 2 aromatic rings. The Labute approximate surface area is 124 Å². The van der Waals surface area contributed by atoms with Gasteiger partial charge in [-0.1, -0.05) is 13.3 Å². The topological polar surface area (TPSA) is 68.1 Å².